The van der Waals surface area contributed by atoms with E-state index in [4.69, 9.17) is 4.74 Å². The number of aromatic nitrogens is 2. The first-order valence-corrected chi connectivity index (χ1v) is 9.54. The molecule has 0 radical (unpaired) electrons. The molecule has 1 heterocycles. The third-order valence-electron chi connectivity index (χ3n) is 4.88. The van der Waals surface area contributed by atoms with Crippen LogP contribution in [0.25, 0.3) is 0 Å². The first kappa shape index (κ1) is 21.5. The fourth-order valence-electron chi connectivity index (χ4n) is 3.14. The quantitative estimate of drug-likeness (QED) is 0.708. The molecule has 7 heteroatoms. The van der Waals surface area contributed by atoms with Crippen molar-refractivity contribution in [2.75, 3.05) is 20.2 Å². The maximum absolute atomic E-state index is 12.7. The van der Waals surface area contributed by atoms with Crippen LogP contribution in [0.15, 0.2) is 30.3 Å². The zero-order valence-corrected chi connectivity index (χ0v) is 17.4. The second-order valence-electron chi connectivity index (χ2n) is 6.87. The first-order valence-electron chi connectivity index (χ1n) is 9.54. The predicted molar refractivity (Wildman–Crippen MR) is 108 cm³/mol. The number of urea groups is 1. The number of nitrogens with zero attached hydrogens (tertiary/aromatic N) is 3. The van der Waals surface area contributed by atoms with E-state index in [1.54, 1.807) is 18.9 Å². The van der Waals surface area contributed by atoms with Gasteiger partial charge in [0.25, 0.3) is 0 Å². The number of esters is 1. The molecule has 0 spiro atoms. The Morgan fingerprint density at radius 3 is 2.50 bits per heavy atom. The summed E-state index contributed by atoms with van der Waals surface area (Å²) >= 11 is 0. The van der Waals surface area contributed by atoms with Gasteiger partial charge in [-0.25, -0.2) is 4.79 Å². The average molecular weight is 386 g/mol. The van der Waals surface area contributed by atoms with E-state index in [9.17, 15) is 9.59 Å². The van der Waals surface area contributed by atoms with Crippen LogP contribution in [0, 0.1) is 13.8 Å². The Kier molecular flexibility index (Phi) is 7.61. The van der Waals surface area contributed by atoms with Crippen molar-refractivity contribution in [3.05, 3.63) is 52.8 Å². The molecule has 0 aliphatic rings. The van der Waals surface area contributed by atoms with E-state index in [-0.39, 0.29) is 18.4 Å². The second-order valence-corrected chi connectivity index (χ2v) is 6.87. The van der Waals surface area contributed by atoms with E-state index < -0.39 is 6.04 Å². The Balaban J connectivity index is 2.02. The molecule has 0 bridgehead atoms. The minimum atomic E-state index is -0.433. The van der Waals surface area contributed by atoms with Gasteiger partial charge in [-0.2, -0.15) is 5.10 Å². The minimum Gasteiger partial charge on any atom is -0.466 e. The summed E-state index contributed by atoms with van der Waals surface area (Å²) < 4.78 is 6.91. The molecule has 2 rings (SSSR count). The smallest absolute Gasteiger partial charge is 0.317 e. The summed E-state index contributed by atoms with van der Waals surface area (Å²) in [5.74, 6) is -0.332. The van der Waals surface area contributed by atoms with Crippen LogP contribution >= 0.6 is 0 Å². The number of likely N-dealkylation sites (N-methyl/N-ethyl adjacent to an activating group) is 1. The summed E-state index contributed by atoms with van der Waals surface area (Å²) in [6, 6.07) is 8.81. The van der Waals surface area contributed by atoms with Crippen LogP contribution in [-0.4, -0.2) is 46.9 Å². The van der Waals surface area contributed by atoms with Crippen molar-refractivity contribution in [2.24, 2.45) is 7.05 Å². The van der Waals surface area contributed by atoms with Crippen molar-refractivity contribution in [1.29, 1.82) is 0 Å². The molecule has 0 saturated carbocycles. The molecule has 1 atom stereocenters. The summed E-state index contributed by atoms with van der Waals surface area (Å²) in [4.78, 5) is 26.3. The Morgan fingerprint density at radius 2 is 1.93 bits per heavy atom. The number of hydrogen-bond donors (Lipinski definition) is 1. The zero-order valence-electron chi connectivity index (χ0n) is 17.4. The van der Waals surface area contributed by atoms with Gasteiger partial charge < -0.3 is 15.0 Å². The number of rotatable bonds is 8. The highest BCUT2D eigenvalue weighted by Gasteiger charge is 2.21. The summed E-state index contributed by atoms with van der Waals surface area (Å²) in [6.45, 7) is 6.65. The van der Waals surface area contributed by atoms with Crippen molar-refractivity contribution in [1.82, 2.24) is 20.0 Å². The number of carbonyl (C=O) groups is 2. The van der Waals surface area contributed by atoms with Gasteiger partial charge in [0.05, 0.1) is 24.8 Å². The fourth-order valence-corrected chi connectivity index (χ4v) is 3.14. The monoisotopic (exact) mass is 386 g/mol. The maximum atomic E-state index is 12.7. The Morgan fingerprint density at radius 1 is 1.25 bits per heavy atom. The van der Waals surface area contributed by atoms with E-state index in [0.717, 1.165) is 28.9 Å². The molecule has 1 aromatic heterocycles. The fraction of sp³-hybridized carbons (Fsp3) is 0.476. The van der Waals surface area contributed by atoms with Crippen LogP contribution in [0.3, 0.4) is 0 Å². The lowest BCUT2D eigenvalue weighted by Crippen LogP contribution is -2.41. The maximum Gasteiger partial charge on any atom is 0.317 e. The number of carbonyl (C=O) groups excluding carboxylic acids is 2. The number of benzene rings is 1. The van der Waals surface area contributed by atoms with Gasteiger partial charge in [-0.05, 0) is 38.3 Å². The lowest BCUT2D eigenvalue weighted by Gasteiger charge is -2.23. The highest BCUT2D eigenvalue weighted by molar-refractivity contribution is 5.76. The number of ether oxygens (including phenoxy) is 1. The van der Waals surface area contributed by atoms with Crippen LogP contribution in [-0.2, 0) is 23.0 Å². The lowest BCUT2D eigenvalue weighted by molar-refractivity contribution is -0.143. The van der Waals surface area contributed by atoms with Crippen molar-refractivity contribution in [3.8, 4) is 0 Å². The highest BCUT2D eigenvalue weighted by atomic mass is 16.5. The van der Waals surface area contributed by atoms with Crippen molar-refractivity contribution in [3.63, 3.8) is 0 Å². The van der Waals surface area contributed by atoms with Crippen LogP contribution in [0.2, 0.25) is 0 Å². The van der Waals surface area contributed by atoms with Gasteiger partial charge in [-0.15, -0.1) is 0 Å². The molecule has 1 N–H and O–H groups in total. The Hall–Kier alpha value is -2.83. The van der Waals surface area contributed by atoms with Gasteiger partial charge >= 0.3 is 12.0 Å². The third kappa shape index (κ3) is 5.58. The van der Waals surface area contributed by atoms with E-state index in [1.807, 2.05) is 55.9 Å². The molecule has 1 aromatic carbocycles. The molecule has 0 saturated heterocycles. The van der Waals surface area contributed by atoms with E-state index >= 15 is 0 Å². The standard InChI is InChI=1S/C21H30N4O3/c1-6-28-20(26)14-19(17-10-8-7-9-11-17)22-21(27)24(4)13-12-18-15(2)23-25(5)16(18)3/h7-11,19H,6,12-14H2,1-5H3,(H,22,27)/t19-/m0/s1. The van der Waals surface area contributed by atoms with E-state index in [1.165, 1.54) is 0 Å². The van der Waals surface area contributed by atoms with Crippen LogP contribution in [0.1, 0.15) is 41.9 Å². The third-order valence-corrected chi connectivity index (χ3v) is 4.88. The van der Waals surface area contributed by atoms with Crippen LogP contribution in [0.4, 0.5) is 4.79 Å². The summed E-state index contributed by atoms with van der Waals surface area (Å²) in [5.41, 5.74) is 4.12. The predicted octanol–water partition coefficient (Wildman–Crippen LogP) is 2.92. The Labute approximate surface area is 166 Å². The number of aryl methyl sites for hydroxylation is 2. The lowest BCUT2D eigenvalue weighted by atomic mass is 10.0. The summed E-state index contributed by atoms with van der Waals surface area (Å²) in [5, 5.41) is 7.38. The van der Waals surface area contributed by atoms with Gasteiger partial charge in [0.15, 0.2) is 0 Å². The normalized spacial score (nSPS) is 11.8. The van der Waals surface area contributed by atoms with Gasteiger partial charge in [0.1, 0.15) is 0 Å². The molecule has 2 amide bonds. The zero-order chi connectivity index (χ0) is 20.7. The molecule has 152 valence electrons. The van der Waals surface area contributed by atoms with Crippen LogP contribution < -0.4 is 5.32 Å². The molecule has 0 aliphatic heterocycles. The summed E-state index contributed by atoms with van der Waals surface area (Å²) in [6.07, 6.45) is 0.821. The minimum absolute atomic E-state index is 0.0955. The van der Waals surface area contributed by atoms with Crippen molar-refractivity contribution < 1.29 is 14.3 Å². The van der Waals surface area contributed by atoms with Crippen molar-refractivity contribution in [2.45, 2.75) is 39.7 Å². The number of nitrogens with one attached hydrogen (secondary N) is 1. The molecule has 0 aliphatic carbocycles. The molecular weight excluding hydrogens is 356 g/mol. The van der Waals surface area contributed by atoms with Gasteiger partial charge in [-0.1, -0.05) is 30.3 Å². The van der Waals surface area contributed by atoms with Gasteiger partial charge in [-0.3, -0.25) is 9.48 Å². The second kappa shape index (κ2) is 9.92. The molecular formula is C21H30N4O3. The molecule has 7 nitrogen and oxygen atoms in total. The van der Waals surface area contributed by atoms with E-state index in [0.29, 0.717) is 13.2 Å². The largest absolute Gasteiger partial charge is 0.466 e. The van der Waals surface area contributed by atoms with Gasteiger partial charge in [0.2, 0.25) is 0 Å². The molecule has 2 aromatic rings. The molecule has 0 fully saturated rings. The summed E-state index contributed by atoms with van der Waals surface area (Å²) in [7, 11) is 3.67. The number of amides is 2. The van der Waals surface area contributed by atoms with Crippen LogP contribution in [0.5, 0.6) is 0 Å². The highest BCUT2D eigenvalue weighted by Crippen LogP contribution is 2.18. The topological polar surface area (TPSA) is 76.5 Å². The average Bonchev–Trinajstić information content (AvgIpc) is 2.91. The SMILES string of the molecule is CCOC(=O)C[C@H](NC(=O)N(C)CCc1c(C)nn(C)c1C)c1ccccc1. The molecule has 28 heavy (non-hydrogen) atoms. The number of hydrogen-bond acceptors (Lipinski definition) is 4. The van der Waals surface area contributed by atoms with E-state index in [2.05, 4.69) is 10.4 Å². The Bertz CT molecular complexity index is 801. The molecule has 0 unspecified atom stereocenters. The van der Waals surface area contributed by atoms with Gasteiger partial charge in [0, 0.05) is 26.3 Å². The first-order chi connectivity index (χ1) is 13.3. The van der Waals surface area contributed by atoms with Crippen molar-refractivity contribution >= 4 is 12.0 Å².